The maximum absolute atomic E-state index is 12.9. The van der Waals surface area contributed by atoms with Crippen LogP contribution in [-0.2, 0) is 23.0 Å². The number of rotatable bonds is 4. The molecule has 0 spiro atoms. The van der Waals surface area contributed by atoms with E-state index in [1.807, 2.05) is 35.6 Å². The molecule has 3 heterocycles. The summed E-state index contributed by atoms with van der Waals surface area (Å²) in [6, 6.07) is 9.62. The minimum absolute atomic E-state index is 0.189. The third-order valence-corrected chi connectivity index (χ3v) is 7.17. The SMILES string of the molecule is CS(=O)(=O)NC1CCCN(C(=O)Nc2ccccc2N2CCc3sccc3C2)C1. The smallest absolute Gasteiger partial charge is 0.321 e. The molecule has 2 aliphatic heterocycles. The Morgan fingerprint density at radius 1 is 1.21 bits per heavy atom. The van der Waals surface area contributed by atoms with E-state index in [9.17, 15) is 13.2 Å². The fraction of sp³-hybridized carbons (Fsp3) is 0.450. The molecule has 29 heavy (non-hydrogen) atoms. The van der Waals surface area contributed by atoms with Gasteiger partial charge in [0.25, 0.3) is 0 Å². The van der Waals surface area contributed by atoms with Crippen molar-refractivity contribution in [1.29, 1.82) is 0 Å². The number of benzene rings is 1. The molecule has 0 radical (unpaired) electrons. The molecule has 156 valence electrons. The van der Waals surface area contributed by atoms with E-state index in [1.54, 1.807) is 4.90 Å². The van der Waals surface area contributed by atoms with Crippen LogP contribution < -0.4 is 14.9 Å². The molecule has 1 fully saturated rings. The van der Waals surface area contributed by atoms with Crippen LogP contribution in [-0.4, -0.2) is 51.3 Å². The largest absolute Gasteiger partial charge is 0.365 e. The van der Waals surface area contributed by atoms with Crippen LogP contribution in [0.3, 0.4) is 0 Å². The van der Waals surface area contributed by atoms with Gasteiger partial charge in [-0.15, -0.1) is 11.3 Å². The quantitative estimate of drug-likeness (QED) is 0.775. The second-order valence-corrected chi connectivity index (χ2v) is 10.4. The van der Waals surface area contributed by atoms with E-state index < -0.39 is 10.0 Å². The highest BCUT2D eigenvalue weighted by atomic mass is 32.2. The van der Waals surface area contributed by atoms with Crippen molar-refractivity contribution in [2.75, 3.05) is 36.1 Å². The summed E-state index contributed by atoms with van der Waals surface area (Å²) >= 11 is 1.81. The number of nitrogens with one attached hydrogen (secondary N) is 2. The predicted octanol–water partition coefficient (Wildman–Crippen LogP) is 2.86. The van der Waals surface area contributed by atoms with Crippen LogP contribution >= 0.6 is 11.3 Å². The van der Waals surface area contributed by atoms with Gasteiger partial charge in [-0.05, 0) is 48.4 Å². The van der Waals surface area contributed by atoms with E-state index in [2.05, 4.69) is 26.4 Å². The van der Waals surface area contributed by atoms with E-state index in [-0.39, 0.29) is 12.1 Å². The van der Waals surface area contributed by atoms with Crippen LogP contribution in [0.4, 0.5) is 16.2 Å². The molecular weight excluding hydrogens is 408 g/mol. The summed E-state index contributed by atoms with van der Waals surface area (Å²) < 4.78 is 25.7. The molecular formula is C20H26N4O3S2. The molecule has 2 aliphatic rings. The molecule has 7 nitrogen and oxygen atoms in total. The van der Waals surface area contributed by atoms with Gasteiger partial charge in [0, 0.05) is 37.1 Å². The fourth-order valence-corrected chi connectivity index (χ4v) is 5.75. The van der Waals surface area contributed by atoms with Gasteiger partial charge in [0.15, 0.2) is 0 Å². The normalized spacial score (nSPS) is 19.7. The first-order valence-corrected chi connectivity index (χ1v) is 12.6. The van der Waals surface area contributed by atoms with Crippen molar-refractivity contribution in [2.45, 2.75) is 31.8 Å². The number of hydrogen-bond donors (Lipinski definition) is 2. The average molecular weight is 435 g/mol. The second-order valence-electron chi connectivity index (χ2n) is 7.66. The highest BCUT2D eigenvalue weighted by Gasteiger charge is 2.26. The molecule has 1 unspecified atom stereocenters. The van der Waals surface area contributed by atoms with E-state index >= 15 is 0 Å². The van der Waals surface area contributed by atoms with E-state index in [0.29, 0.717) is 13.1 Å². The molecule has 2 amide bonds. The predicted molar refractivity (Wildman–Crippen MR) is 117 cm³/mol. The Bertz CT molecular complexity index is 989. The number of para-hydroxylation sites is 2. The van der Waals surface area contributed by atoms with Crippen molar-refractivity contribution >= 4 is 38.8 Å². The average Bonchev–Trinajstić information content (AvgIpc) is 3.15. The van der Waals surface area contributed by atoms with Gasteiger partial charge < -0.3 is 15.1 Å². The Balaban J connectivity index is 1.45. The van der Waals surface area contributed by atoms with Crippen molar-refractivity contribution in [3.63, 3.8) is 0 Å². The zero-order chi connectivity index (χ0) is 20.4. The van der Waals surface area contributed by atoms with E-state index in [4.69, 9.17) is 0 Å². The number of thiophene rings is 1. The van der Waals surface area contributed by atoms with Crippen LogP contribution in [0, 0.1) is 0 Å². The number of carbonyl (C=O) groups is 1. The Kier molecular flexibility index (Phi) is 5.80. The van der Waals surface area contributed by atoms with Crippen molar-refractivity contribution in [3.8, 4) is 0 Å². The van der Waals surface area contributed by atoms with Crippen molar-refractivity contribution in [2.24, 2.45) is 0 Å². The molecule has 0 saturated carbocycles. The Hall–Kier alpha value is -2.10. The maximum Gasteiger partial charge on any atom is 0.321 e. The highest BCUT2D eigenvalue weighted by molar-refractivity contribution is 7.88. The van der Waals surface area contributed by atoms with Crippen LogP contribution in [0.25, 0.3) is 0 Å². The Labute approximate surface area is 175 Å². The third kappa shape index (κ3) is 4.91. The van der Waals surface area contributed by atoms with E-state index in [1.165, 1.54) is 10.4 Å². The van der Waals surface area contributed by atoms with Gasteiger partial charge in [0.1, 0.15) is 0 Å². The molecule has 1 atom stereocenters. The highest BCUT2D eigenvalue weighted by Crippen LogP contribution is 2.32. The van der Waals surface area contributed by atoms with Crippen LogP contribution in [0.5, 0.6) is 0 Å². The van der Waals surface area contributed by atoms with Gasteiger partial charge >= 0.3 is 6.03 Å². The molecule has 4 rings (SSSR count). The molecule has 9 heteroatoms. The zero-order valence-corrected chi connectivity index (χ0v) is 18.1. The van der Waals surface area contributed by atoms with E-state index in [0.717, 1.165) is 50.0 Å². The fourth-order valence-electron chi connectivity index (χ4n) is 4.06. The summed E-state index contributed by atoms with van der Waals surface area (Å²) in [6.45, 7) is 2.77. The topological polar surface area (TPSA) is 81.8 Å². The minimum Gasteiger partial charge on any atom is -0.365 e. The van der Waals surface area contributed by atoms with Gasteiger partial charge in [-0.2, -0.15) is 0 Å². The number of urea groups is 1. The lowest BCUT2D eigenvalue weighted by Crippen LogP contribution is -2.50. The van der Waals surface area contributed by atoms with Crippen molar-refractivity contribution in [1.82, 2.24) is 9.62 Å². The van der Waals surface area contributed by atoms with Crippen molar-refractivity contribution < 1.29 is 13.2 Å². The van der Waals surface area contributed by atoms with Crippen LogP contribution in [0.1, 0.15) is 23.3 Å². The first-order chi connectivity index (χ1) is 13.9. The summed E-state index contributed by atoms with van der Waals surface area (Å²) in [5, 5.41) is 5.19. The lowest BCUT2D eigenvalue weighted by Gasteiger charge is -2.34. The molecule has 0 aliphatic carbocycles. The summed E-state index contributed by atoms with van der Waals surface area (Å²) in [6.07, 6.45) is 3.68. The van der Waals surface area contributed by atoms with Gasteiger partial charge in [0.05, 0.1) is 17.6 Å². The van der Waals surface area contributed by atoms with Crippen LogP contribution in [0.15, 0.2) is 35.7 Å². The number of piperidine rings is 1. The molecule has 0 bridgehead atoms. The first kappa shape index (κ1) is 20.2. The van der Waals surface area contributed by atoms with Crippen LogP contribution in [0.2, 0.25) is 0 Å². The standard InChI is InChI=1S/C20H26N4O3S2/c1-29(26,27)22-16-5-4-10-24(14-16)20(25)21-17-6-2-3-7-18(17)23-11-8-19-15(13-23)9-12-28-19/h2-3,6-7,9,12,16,22H,4-5,8,10-11,13-14H2,1H3,(H,21,25). The molecule has 1 aromatic carbocycles. The number of nitrogens with zero attached hydrogens (tertiary/aromatic N) is 2. The molecule has 2 N–H and O–H groups in total. The minimum atomic E-state index is -3.29. The van der Waals surface area contributed by atoms with Crippen molar-refractivity contribution in [3.05, 3.63) is 46.2 Å². The number of anilines is 2. The zero-order valence-electron chi connectivity index (χ0n) is 16.4. The lowest BCUT2D eigenvalue weighted by atomic mass is 10.1. The third-order valence-electron chi connectivity index (χ3n) is 5.38. The summed E-state index contributed by atoms with van der Waals surface area (Å²) in [4.78, 5) is 18.3. The van der Waals surface area contributed by atoms with Gasteiger partial charge in [-0.1, -0.05) is 12.1 Å². The summed E-state index contributed by atoms with van der Waals surface area (Å²) in [5.41, 5.74) is 3.16. The van der Waals surface area contributed by atoms with Gasteiger partial charge in [-0.3, -0.25) is 0 Å². The molecule has 1 saturated heterocycles. The Morgan fingerprint density at radius 2 is 2.03 bits per heavy atom. The summed E-state index contributed by atoms with van der Waals surface area (Å²) in [7, 11) is -3.29. The lowest BCUT2D eigenvalue weighted by molar-refractivity contribution is 0.190. The number of fused-ring (bicyclic) bond motifs is 1. The monoisotopic (exact) mass is 434 g/mol. The Morgan fingerprint density at radius 3 is 2.86 bits per heavy atom. The summed E-state index contributed by atoms with van der Waals surface area (Å²) in [5.74, 6) is 0. The second kappa shape index (κ2) is 8.33. The van der Waals surface area contributed by atoms with Gasteiger partial charge in [0.2, 0.25) is 10.0 Å². The number of sulfonamides is 1. The van der Waals surface area contributed by atoms with Gasteiger partial charge in [-0.25, -0.2) is 17.9 Å². The maximum atomic E-state index is 12.9. The number of amides is 2. The number of hydrogen-bond acceptors (Lipinski definition) is 5. The number of carbonyl (C=O) groups excluding carboxylic acids is 1. The first-order valence-electron chi connectivity index (χ1n) is 9.81. The molecule has 2 aromatic rings. The molecule has 1 aromatic heterocycles. The number of likely N-dealkylation sites (tertiary alicyclic amines) is 1.